The summed E-state index contributed by atoms with van der Waals surface area (Å²) in [6.45, 7) is 13.6. The molecule has 338 valence electrons. The molecule has 0 spiro atoms. The van der Waals surface area contributed by atoms with Gasteiger partial charge in [0.15, 0.2) is 0 Å². The molecule has 1 N–H and O–H groups in total. The van der Waals surface area contributed by atoms with Gasteiger partial charge < -0.3 is 14.4 Å². The molecule has 0 saturated heterocycles. The summed E-state index contributed by atoms with van der Waals surface area (Å²) in [7, 11) is 0. The summed E-state index contributed by atoms with van der Waals surface area (Å²) in [5, 5.41) is 0.861. The van der Waals surface area contributed by atoms with E-state index in [1.165, 1.54) is 193 Å². The molecule has 1 fully saturated rings. The van der Waals surface area contributed by atoms with Crippen LogP contribution in [0.5, 0.6) is 0 Å². The van der Waals surface area contributed by atoms with Crippen molar-refractivity contribution in [2.45, 2.75) is 283 Å². The highest BCUT2D eigenvalue weighted by Crippen LogP contribution is 2.31. The molecule has 0 aromatic rings. The molecule has 0 amide bonds. The Morgan fingerprint density at radius 3 is 1.30 bits per heavy atom. The predicted molar refractivity (Wildman–Crippen MR) is 249 cm³/mol. The van der Waals surface area contributed by atoms with Gasteiger partial charge in [-0.15, -0.1) is 0 Å². The summed E-state index contributed by atoms with van der Waals surface area (Å²) in [6, 6.07) is 0. The van der Waals surface area contributed by atoms with E-state index in [0.717, 1.165) is 63.2 Å². The summed E-state index contributed by atoms with van der Waals surface area (Å²) in [5.74, 6) is 0.0547. The molecule has 1 aliphatic carbocycles. The lowest BCUT2D eigenvalue weighted by Gasteiger charge is -2.22. The zero-order valence-corrected chi connectivity index (χ0v) is 39.5. The third-order valence-electron chi connectivity index (χ3n) is 11.9. The van der Waals surface area contributed by atoms with E-state index < -0.39 is 0 Å². The van der Waals surface area contributed by atoms with Gasteiger partial charge in [0, 0.05) is 24.6 Å². The van der Waals surface area contributed by atoms with Crippen molar-refractivity contribution in [2.75, 3.05) is 26.2 Å². The molecule has 6 nitrogen and oxygen atoms in total. The van der Waals surface area contributed by atoms with Gasteiger partial charge in [-0.3, -0.25) is 14.3 Å². The minimum absolute atomic E-state index is 0.0126. The highest BCUT2D eigenvalue weighted by atomic mass is 32.2. The average molecular weight is 823 g/mol. The SMILES string of the molecule is CCCCCCCCC(CC)OC(=O)CCCCCCCN(CCCCCCCC(=O)OC(CCCCCCCC)CCCCCCCC)CCCNSC1CC1. The summed E-state index contributed by atoms with van der Waals surface area (Å²) in [6.07, 6.45) is 44.2. The highest BCUT2D eigenvalue weighted by Gasteiger charge is 2.21. The van der Waals surface area contributed by atoms with Crippen molar-refractivity contribution in [1.29, 1.82) is 0 Å². The quantitative estimate of drug-likeness (QED) is 0.0372. The molecule has 57 heavy (non-hydrogen) atoms. The molecule has 7 heteroatoms. The number of hydrogen-bond acceptors (Lipinski definition) is 7. The Kier molecular flexibility index (Phi) is 39.9. The molecule has 0 aliphatic heterocycles. The number of nitrogens with one attached hydrogen (secondary N) is 1. The minimum Gasteiger partial charge on any atom is -0.462 e. The smallest absolute Gasteiger partial charge is 0.306 e. The number of esters is 2. The Morgan fingerprint density at radius 2 is 0.860 bits per heavy atom. The molecule has 1 atom stereocenters. The molecule has 1 saturated carbocycles. The monoisotopic (exact) mass is 823 g/mol. The van der Waals surface area contributed by atoms with Gasteiger partial charge in [0.05, 0.1) is 0 Å². The van der Waals surface area contributed by atoms with Gasteiger partial charge in [-0.25, -0.2) is 0 Å². The summed E-state index contributed by atoms with van der Waals surface area (Å²) >= 11 is 1.95. The molecular weight excluding hydrogens is 725 g/mol. The molecule has 0 radical (unpaired) electrons. The van der Waals surface area contributed by atoms with Crippen LogP contribution in [0.3, 0.4) is 0 Å². The minimum atomic E-state index is 0.0126. The van der Waals surface area contributed by atoms with Gasteiger partial charge in [0.25, 0.3) is 0 Å². The van der Waals surface area contributed by atoms with Crippen molar-refractivity contribution in [3.8, 4) is 0 Å². The van der Waals surface area contributed by atoms with Crippen molar-refractivity contribution < 1.29 is 19.1 Å². The first kappa shape index (κ1) is 54.2. The normalized spacial score (nSPS) is 13.5. The van der Waals surface area contributed by atoms with Crippen LogP contribution >= 0.6 is 11.9 Å². The van der Waals surface area contributed by atoms with E-state index in [2.05, 4.69) is 37.3 Å². The number of carbonyl (C=O) groups excluding carboxylic acids is 2. The lowest BCUT2D eigenvalue weighted by Crippen LogP contribution is -2.29. The second kappa shape index (κ2) is 41.9. The number of carbonyl (C=O) groups is 2. The van der Waals surface area contributed by atoms with E-state index in [0.29, 0.717) is 12.8 Å². The standard InChI is InChI=1S/C50H98N2O4S/c1-5-9-12-15-20-27-35-46(8-4)55-49(53)38-30-23-18-25-32-43-52(45-34-42-51-57-48-40-41-48)44-33-26-19-24-31-39-50(54)56-47(36-28-21-16-13-10-6-2)37-29-22-17-14-11-7-3/h46-48,51H,5-45H2,1-4H3. The van der Waals surface area contributed by atoms with E-state index in [1.807, 2.05) is 11.9 Å². The van der Waals surface area contributed by atoms with Crippen LogP contribution in [0.2, 0.25) is 0 Å². The van der Waals surface area contributed by atoms with Crippen molar-refractivity contribution in [2.24, 2.45) is 0 Å². The first-order chi connectivity index (χ1) is 28.0. The van der Waals surface area contributed by atoms with E-state index in [-0.39, 0.29) is 24.1 Å². The van der Waals surface area contributed by atoms with Crippen molar-refractivity contribution in [3.63, 3.8) is 0 Å². The van der Waals surface area contributed by atoms with Crippen LogP contribution in [-0.2, 0) is 19.1 Å². The first-order valence-corrected chi connectivity index (χ1v) is 26.4. The van der Waals surface area contributed by atoms with Gasteiger partial charge in [-0.2, -0.15) is 0 Å². The molecule has 1 rings (SSSR count). The molecule has 0 heterocycles. The van der Waals surface area contributed by atoms with Crippen LogP contribution in [0.15, 0.2) is 0 Å². The summed E-state index contributed by atoms with van der Waals surface area (Å²) < 4.78 is 15.5. The molecular formula is C50H98N2O4S. The third-order valence-corrected chi connectivity index (χ3v) is 13.1. The predicted octanol–water partition coefficient (Wildman–Crippen LogP) is 15.2. The lowest BCUT2D eigenvalue weighted by molar-refractivity contribution is -0.150. The Hall–Kier alpha value is -0.790. The summed E-state index contributed by atoms with van der Waals surface area (Å²) in [4.78, 5) is 28.0. The second-order valence-electron chi connectivity index (χ2n) is 17.7. The van der Waals surface area contributed by atoms with Gasteiger partial charge in [-0.05, 0) is 110 Å². The number of rotatable bonds is 46. The van der Waals surface area contributed by atoms with Crippen LogP contribution in [0.1, 0.15) is 265 Å². The zero-order chi connectivity index (χ0) is 41.3. The van der Waals surface area contributed by atoms with Gasteiger partial charge in [0.2, 0.25) is 0 Å². The zero-order valence-electron chi connectivity index (χ0n) is 38.7. The van der Waals surface area contributed by atoms with Crippen LogP contribution in [0.25, 0.3) is 0 Å². The van der Waals surface area contributed by atoms with Gasteiger partial charge in [0.1, 0.15) is 12.2 Å². The maximum Gasteiger partial charge on any atom is 0.306 e. The Morgan fingerprint density at radius 1 is 0.491 bits per heavy atom. The van der Waals surface area contributed by atoms with E-state index in [4.69, 9.17) is 9.47 Å². The average Bonchev–Trinajstić information content (AvgIpc) is 4.04. The van der Waals surface area contributed by atoms with Crippen LogP contribution in [0.4, 0.5) is 0 Å². The Bertz CT molecular complexity index is 855. The fourth-order valence-corrected chi connectivity index (χ4v) is 8.77. The number of ether oxygens (including phenoxy) is 2. The Balaban J connectivity index is 2.26. The fourth-order valence-electron chi connectivity index (χ4n) is 7.90. The molecule has 1 unspecified atom stereocenters. The van der Waals surface area contributed by atoms with Crippen LogP contribution < -0.4 is 4.72 Å². The number of hydrogen-bond donors (Lipinski definition) is 1. The molecule has 0 bridgehead atoms. The maximum atomic E-state index is 12.8. The third kappa shape index (κ3) is 37.9. The van der Waals surface area contributed by atoms with Crippen molar-refractivity contribution in [1.82, 2.24) is 9.62 Å². The highest BCUT2D eigenvalue weighted by molar-refractivity contribution is 7.98. The van der Waals surface area contributed by atoms with Crippen molar-refractivity contribution in [3.05, 3.63) is 0 Å². The second-order valence-corrected chi connectivity index (χ2v) is 18.9. The molecule has 0 aromatic carbocycles. The first-order valence-electron chi connectivity index (χ1n) is 25.5. The maximum absolute atomic E-state index is 12.8. The number of nitrogens with zero attached hydrogens (tertiary/aromatic N) is 1. The van der Waals surface area contributed by atoms with E-state index in [1.54, 1.807) is 0 Å². The van der Waals surface area contributed by atoms with E-state index >= 15 is 0 Å². The summed E-state index contributed by atoms with van der Waals surface area (Å²) in [5.41, 5.74) is 0. The van der Waals surface area contributed by atoms with E-state index in [9.17, 15) is 9.59 Å². The largest absolute Gasteiger partial charge is 0.462 e. The fraction of sp³-hybridized carbons (Fsp3) is 0.960. The molecule has 0 aromatic heterocycles. The topological polar surface area (TPSA) is 67.9 Å². The Labute approximate surface area is 360 Å². The van der Waals surface area contributed by atoms with Crippen molar-refractivity contribution >= 4 is 23.9 Å². The lowest BCUT2D eigenvalue weighted by atomic mass is 10.0. The van der Waals surface area contributed by atoms with Gasteiger partial charge >= 0.3 is 11.9 Å². The van der Waals surface area contributed by atoms with Crippen LogP contribution in [-0.4, -0.2) is 60.5 Å². The number of unbranched alkanes of at least 4 members (excludes halogenated alkanes) is 23. The molecule has 1 aliphatic rings. The van der Waals surface area contributed by atoms with Gasteiger partial charge in [-0.1, -0.05) is 174 Å². The van der Waals surface area contributed by atoms with Crippen LogP contribution in [0, 0.1) is 0 Å².